The summed E-state index contributed by atoms with van der Waals surface area (Å²) in [6.45, 7) is 1.86. The van der Waals surface area contributed by atoms with Crippen LogP contribution >= 0.6 is 0 Å². The lowest BCUT2D eigenvalue weighted by molar-refractivity contribution is -0.120. The third-order valence-electron chi connectivity index (χ3n) is 5.83. The molecule has 0 bridgehead atoms. The first-order valence-corrected chi connectivity index (χ1v) is 12.7. The number of halogens is 1. The lowest BCUT2D eigenvalue weighted by atomic mass is 9.88. The molecule has 0 aromatic heterocycles. The predicted molar refractivity (Wildman–Crippen MR) is 129 cm³/mol. The molecule has 1 atom stereocenters. The Kier molecular flexibility index (Phi) is 7.17. The highest BCUT2D eigenvalue weighted by Gasteiger charge is 2.29. The molecular formula is C26H27FN2O4S. The van der Waals surface area contributed by atoms with Gasteiger partial charge in [-0.15, -0.1) is 0 Å². The Hall–Kier alpha value is -3.39. The van der Waals surface area contributed by atoms with Gasteiger partial charge in [-0.25, -0.2) is 12.8 Å². The number of hydrogen-bond donors (Lipinski definition) is 1. The number of carbonyl (C=O) groups excluding carboxylic acids is 1. The minimum Gasteiger partial charge on any atom is -0.494 e. The Morgan fingerprint density at radius 2 is 1.76 bits per heavy atom. The van der Waals surface area contributed by atoms with Crippen LogP contribution < -0.4 is 14.4 Å². The zero-order valence-corrected chi connectivity index (χ0v) is 19.7. The van der Waals surface area contributed by atoms with Gasteiger partial charge in [0.2, 0.25) is 5.91 Å². The van der Waals surface area contributed by atoms with Gasteiger partial charge < -0.3 is 10.1 Å². The van der Waals surface area contributed by atoms with E-state index in [0.29, 0.717) is 12.4 Å². The van der Waals surface area contributed by atoms with Gasteiger partial charge in [0.15, 0.2) is 0 Å². The maximum atomic E-state index is 13.5. The van der Waals surface area contributed by atoms with Gasteiger partial charge in [-0.3, -0.25) is 9.10 Å². The van der Waals surface area contributed by atoms with E-state index in [1.54, 1.807) is 12.1 Å². The van der Waals surface area contributed by atoms with Crippen molar-refractivity contribution in [3.05, 3.63) is 89.7 Å². The van der Waals surface area contributed by atoms with Crippen LogP contribution in [0.5, 0.6) is 5.75 Å². The minimum absolute atomic E-state index is 0.0103. The second-order valence-corrected chi connectivity index (χ2v) is 9.97. The Morgan fingerprint density at radius 3 is 2.47 bits per heavy atom. The number of benzene rings is 3. The number of amides is 1. The molecule has 0 heterocycles. The molecule has 1 N–H and O–H groups in total. The number of nitrogens with one attached hydrogen (secondary N) is 1. The molecule has 1 amide bonds. The van der Waals surface area contributed by atoms with Crippen LogP contribution in [-0.4, -0.2) is 27.5 Å². The van der Waals surface area contributed by atoms with Gasteiger partial charge in [-0.1, -0.05) is 24.3 Å². The van der Waals surface area contributed by atoms with E-state index in [1.807, 2.05) is 25.1 Å². The molecule has 0 fully saturated rings. The van der Waals surface area contributed by atoms with Crippen LogP contribution in [0.4, 0.5) is 10.1 Å². The van der Waals surface area contributed by atoms with Crippen LogP contribution in [0.3, 0.4) is 0 Å². The van der Waals surface area contributed by atoms with Crippen LogP contribution in [-0.2, 0) is 21.2 Å². The molecule has 0 radical (unpaired) electrons. The minimum atomic E-state index is -4.10. The summed E-state index contributed by atoms with van der Waals surface area (Å²) in [5, 5.41) is 3.00. The molecule has 0 aliphatic heterocycles. The monoisotopic (exact) mass is 482 g/mol. The summed E-state index contributed by atoms with van der Waals surface area (Å²) < 4.78 is 47.0. The van der Waals surface area contributed by atoms with Crippen molar-refractivity contribution in [3.8, 4) is 5.75 Å². The van der Waals surface area contributed by atoms with Crippen molar-refractivity contribution in [1.82, 2.24) is 5.32 Å². The highest BCUT2D eigenvalue weighted by Crippen LogP contribution is 2.30. The number of carbonyl (C=O) groups is 1. The standard InChI is InChI=1S/C26H27FN2O4S/c1-2-33-22-14-16-23(17-15-22)34(31,32)29(21-12-10-20(27)11-13-21)18-26(30)28-25-9-5-7-19-6-3-4-8-24(19)25/h3-4,6,8,10-17,25H,2,5,7,9,18H2,1H3,(H,28,30)/t25-/m1/s1. The SMILES string of the molecule is CCOc1ccc(S(=O)(=O)N(CC(=O)N[C@@H]2CCCc3ccccc32)c2ccc(F)cc2)cc1. The van der Waals surface area contributed by atoms with E-state index in [-0.39, 0.29) is 16.6 Å². The number of fused-ring (bicyclic) bond motifs is 1. The van der Waals surface area contributed by atoms with Crippen molar-refractivity contribution >= 4 is 21.6 Å². The first kappa shape index (κ1) is 23.8. The molecule has 0 saturated carbocycles. The molecule has 0 saturated heterocycles. The van der Waals surface area contributed by atoms with E-state index in [2.05, 4.69) is 11.4 Å². The summed E-state index contributed by atoms with van der Waals surface area (Å²) in [6.07, 6.45) is 2.68. The maximum absolute atomic E-state index is 13.5. The Bertz CT molecular complexity index is 1240. The van der Waals surface area contributed by atoms with Gasteiger partial charge in [0, 0.05) is 0 Å². The smallest absolute Gasteiger partial charge is 0.264 e. The normalized spacial score (nSPS) is 15.3. The fraction of sp³-hybridized carbons (Fsp3) is 0.269. The topological polar surface area (TPSA) is 75.7 Å². The maximum Gasteiger partial charge on any atom is 0.264 e. The molecule has 1 aliphatic carbocycles. The molecule has 178 valence electrons. The quantitative estimate of drug-likeness (QED) is 0.509. The number of hydrogen-bond acceptors (Lipinski definition) is 4. The molecule has 3 aromatic rings. The van der Waals surface area contributed by atoms with E-state index in [1.165, 1.54) is 42.0 Å². The zero-order chi connectivity index (χ0) is 24.1. The van der Waals surface area contributed by atoms with Crippen LogP contribution in [0.1, 0.15) is 36.9 Å². The first-order valence-electron chi connectivity index (χ1n) is 11.3. The Morgan fingerprint density at radius 1 is 1.06 bits per heavy atom. The van der Waals surface area contributed by atoms with E-state index in [0.717, 1.165) is 29.1 Å². The molecule has 34 heavy (non-hydrogen) atoms. The number of sulfonamides is 1. The molecule has 4 rings (SSSR count). The molecule has 6 nitrogen and oxygen atoms in total. The Balaban J connectivity index is 1.60. The number of ether oxygens (including phenoxy) is 1. The zero-order valence-electron chi connectivity index (χ0n) is 18.9. The highest BCUT2D eigenvalue weighted by molar-refractivity contribution is 7.92. The number of rotatable bonds is 8. The van der Waals surface area contributed by atoms with Crippen LogP contribution in [0, 0.1) is 5.82 Å². The lowest BCUT2D eigenvalue weighted by Gasteiger charge is -2.28. The van der Waals surface area contributed by atoms with Crippen molar-refractivity contribution in [2.45, 2.75) is 37.1 Å². The molecule has 0 spiro atoms. The van der Waals surface area contributed by atoms with E-state index < -0.39 is 28.3 Å². The average Bonchev–Trinajstić information content (AvgIpc) is 2.84. The fourth-order valence-corrected chi connectivity index (χ4v) is 5.62. The van der Waals surface area contributed by atoms with E-state index >= 15 is 0 Å². The van der Waals surface area contributed by atoms with Crippen molar-refractivity contribution in [2.24, 2.45) is 0 Å². The number of anilines is 1. The summed E-state index contributed by atoms with van der Waals surface area (Å²) in [6, 6.07) is 18.8. The third-order valence-corrected chi connectivity index (χ3v) is 7.62. The van der Waals surface area contributed by atoms with Gasteiger partial charge >= 0.3 is 0 Å². The van der Waals surface area contributed by atoms with Crippen molar-refractivity contribution in [2.75, 3.05) is 17.5 Å². The second kappa shape index (κ2) is 10.3. The third kappa shape index (κ3) is 5.22. The van der Waals surface area contributed by atoms with E-state index in [4.69, 9.17) is 4.74 Å². The molecule has 0 unspecified atom stereocenters. The van der Waals surface area contributed by atoms with Crippen molar-refractivity contribution in [3.63, 3.8) is 0 Å². The summed E-state index contributed by atoms with van der Waals surface area (Å²) in [5.41, 5.74) is 2.45. The average molecular weight is 483 g/mol. The van der Waals surface area contributed by atoms with Crippen LogP contribution in [0.2, 0.25) is 0 Å². The summed E-state index contributed by atoms with van der Waals surface area (Å²) in [5.74, 6) is -0.380. The largest absolute Gasteiger partial charge is 0.494 e. The van der Waals surface area contributed by atoms with Crippen LogP contribution in [0.15, 0.2) is 77.7 Å². The number of nitrogens with zero attached hydrogens (tertiary/aromatic N) is 1. The van der Waals surface area contributed by atoms with Gasteiger partial charge in [-0.2, -0.15) is 0 Å². The van der Waals surface area contributed by atoms with Gasteiger partial charge in [0.25, 0.3) is 10.0 Å². The highest BCUT2D eigenvalue weighted by atomic mass is 32.2. The fourth-order valence-electron chi connectivity index (χ4n) is 4.20. The summed E-state index contributed by atoms with van der Waals surface area (Å²) >= 11 is 0. The molecule has 8 heteroatoms. The first-order chi connectivity index (χ1) is 16.4. The Labute approximate surface area is 199 Å². The molecule has 3 aromatic carbocycles. The lowest BCUT2D eigenvalue weighted by Crippen LogP contribution is -2.42. The predicted octanol–water partition coefficient (Wildman–Crippen LogP) is 4.61. The van der Waals surface area contributed by atoms with Crippen LogP contribution in [0.25, 0.3) is 0 Å². The second-order valence-electron chi connectivity index (χ2n) is 8.10. The van der Waals surface area contributed by atoms with E-state index in [9.17, 15) is 17.6 Å². The summed E-state index contributed by atoms with van der Waals surface area (Å²) in [7, 11) is -4.10. The molecular weight excluding hydrogens is 455 g/mol. The molecule has 1 aliphatic rings. The number of aryl methyl sites for hydroxylation is 1. The van der Waals surface area contributed by atoms with Gasteiger partial charge in [0.05, 0.1) is 23.2 Å². The van der Waals surface area contributed by atoms with Crippen molar-refractivity contribution in [1.29, 1.82) is 0 Å². The van der Waals surface area contributed by atoms with Gasteiger partial charge in [-0.05, 0) is 85.8 Å². The van der Waals surface area contributed by atoms with Gasteiger partial charge in [0.1, 0.15) is 18.1 Å². The summed E-state index contributed by atoms with van der Waals surface area (Å²) in [4.78, 5) is 13.1. The van der Waals surface area contributed by atoms with Crippen molar-refractivity contribution < 1.29 is 22.3 Å².